The fraction of sp³-hybridized carbons (Fsp3) is 0.333. The Balaban J connectivity index is 1.67. The van der Waals surface area contributed by atoms with Gasteiger partial charge in [-0.3, -0.25) is 9.59 Å². The van der Waals surface area contributed by atoms with Crippen molar-refractivity contribution in [2.75, 3.05) is 0 Å². The van der Waals surface area contributed by atoms with Crippen LogP contribution in [-0.4, -0.2) is 41.5 Å². The molecule has 2 aromatic rings. The Morgan fingerprint density at radius 2 is 1.83 bits per heavy atom. The zero-order valence-electron chi connectivity index (χ0n) is 16.1. The van der Waals surface area contributed by atoms with Crippen molar-refractivity contribution in [1.29, 1.82) is 0 Å². The summed E-state index contributed by atoms with van der Waals surface area (Å²) in [5, 5.41) is 0. The average molecular weight is 416 g/mol. The number of hydrogen-bond donors (Lipinski definition) is 0. The van der Waals surface area contributed by atoms with Gasteiger partial charge in [-0.25, -0.2) is 17.1 Å². The van der Waals surface area contributed by atoms with E-state index in [2.05, 4.69) is 0 Å². The van der Waals surface area contributed by atoms with Crippen LogP contribution >= 0.6 is 0 Å². The zero-order chi connectivity index (χ0) is 20.9. The van der Waals surface area contributed by atoms with Crippen LogP contribution in [-0.2, 0) is 16.6 Å². The van der Waals surface area contributed by atoms with E-state index in [9.17, 15) is 22.4 Å². The third-order valence-corrected chi connectivity index (χ3v) is 7.18. The Labute approximate surface area is 169 Å². The van der Waals surface area contributed by atoms with Gasteiger partial charge in [0.05, 0.1) is 5.56 Å². The molecule has 1 fully saturated rings. The van der Waals surface area contributed by atoms with E-state index in [1.165, 1.54) is 30.3 Å². The lowest BCUT2D eigenvalue weighted by Crippen LogP contribution is -2.36. The van der Waals surface area contributed by atoms with E-state index in [-0.39, 0.29) is 33.8 Å². The van der Waals surface area contributed by atoms with Gasteiger partial charge in [0, 0.05) is 24.2 Å². The molecule has 0 unspecified atom stereocenters. The molecular weight excluding hydrogens is 395 g/mol. The minimum absolute atomic E-state index is 0.0752. The van der Waals surface area contributed by atoms with Crippen molar-refractivity contribution >= 4 is 21.8 Å². The summed E-state index contributed by atoms with van der Waals surface area (Å²) < 4.78 is 39.6. The molecule has 1 aliphatic carbocycles. The molecule has 0 aromatic heterocycles. The third kappa shape index (κ3) is 3.42. The maximum absolute atomic E-state index is 13.2. The number of halogens is 1. The van der Waals surface area contributed by atoms with Gasteiger partial charge in [0.1, 0.15) is 10.7 Å². The fourth-order valence-electron chi connectivity index (χ4n) is 3.60. The SMILES string of the molecule is CC(C)N1C(=O)c2ccc(C(=O)N(Cc3ccc(F)cc3)C3CC3)cc2S1(=O)=O. The van der Waals surface area contributed by atoms with Crippen molar-refractivity contribution < 1.29 is 22.4 Å². The van der Waals surface area contributed by atoms with Crippen molar-refractivity contribution in [1.82, 2.24) is 9.21 Å². The van der Waals surface area contributed by atoms with E-state index in [1.54, 1.807) is 30.9 Å². The first kappa shape index (κ1) is 19.6. The molecule has 1 aliphatic heterocycles. The molecule has 0 atom stereocenters. The highest BCUT2D eigenvalue weighted by atomic mass is 32.2. The Morgan fingerprint density at radius 1 is 1.17 bits per heavy atom. The minimum atomic E-state index is -3.97. The van der Waals surface area contributed by atoms with E-state index in [4.69, 9.17) is 0 Å². The van der Waals surface area contributed by atoms with Gasteiger partial charge in [0.15, 0.2) is 0 Å². The molecule has 0 radical (unpaired) electrons. The zero-order valence-corrected chi connectivity index (χ0v) is 16.9. The molecule has 2 aromatic carbocycles. The van der Waals surface area contributed by atoms with Gasteiger partial charge in [0.25, 0.3) is 21.8 Å². The van der Waals surface area contributed by atoms with Crippen LogP contribution < -0.4 is 0 Å². The molecule has 1 heterocycles. The van der Waals surface area contributed by atoms with E-state index < -0.39 is 22.0 Å². The summed E-state index contributed by atoms with van der Waals surface area (Å²) in [5.74, 6) is -1.22. The van der Waals surface area contributed by atoms with Crippen molar-refractivity contribution in [2.45, 2.75) is 50.2 Å². The lowest BCUT2D eigenvalue weighted by molar-refractivity contribution is 0.0728. The maximum atomic E-state index is 13.2. The summed E-state index contributed by atoms with van der Waals surface area (Å²) in [7, 11) is -3.97. The molecule has 0 saturated heterocycles. The van der Waals surface area contributed by atoms with Crippen molar-refractivity contribution in [3.8, 4) is 0 Å². The lowest BCUT2D eigenvalue weighted by Gasteiger charge is -2.23. The molecule has 1 saturated carbocycles. The Morgan fingerprint density at radius 3 is 2.41 bits per heavy atom. The number of benzene rings is 2. The maximum Gasteiger partial charge on any atom is 0.269 e. The molecule has 2 amide bonds. The minimum Gasteiger partial charge on any atom is -0.331 e. The average Bonchev–Trinajstić information content (AvgIpc) is 3.48. The summed E-state index contributed by atoms with van der Waals surface area (Å²) in [6.45, 7) is 3.57. The number of nitrogens with zero attached hydrogens (tertiary/aromatic N) is 2. The number of hydrogen-bond acceptors (Lipinski definition) is 4. The Kier molecular flexibility index (Phi) is 4.69. The largest absolute Gasteiger partial charge is 0.331 e. The van der Waals surface area contributed by atoms with Crippen LogP contribution in [0.2, 0.25) is 0 Å². The van der Waals surface area contributed by atoms with Crippen molar-refractivity contribution in [3.05, 3.63) is 65.0 Å². The highest BCUT2D eigenvalue weighted by molar-refractivity contribution is 7.90. The van der Waals surface area contributed by atoms with Crippen LogP contribution in [0.4, 0.5) is 4.39 Å². The standard InChI is InChI=1S/C21H21FN2O4S/c1-13(2)24-21(26)18-10-5-15(11-19(18)29(24,27)28)20(25)23(17-8-9-17)12-14-3-6-16(22)7-4-14/h3-7,10-11,13,17H,8-9,12H2,1-2H3. The molecule has 152 valence electrons. The van der Waals surface area contributed by atoms with Crippen molar-refractivity contribution in [3.63, 3.8) is 0 Å². The lowest BCUT2D eigenvalue weighted by atomic mass is 10.1. The van der Waals surface area contributed by atoms with Crippen LogP contribution in [0.25, 0.3) is 0 Å². The Bertz CT molecular complexity index is 1090. The van der Waals surface area contributed by atoms with Gasteiger partial charge in [-0.05, 0) is 62.6 Å². The summed E-state index contributed by atoms with van der Waals surface area (Å²) in [6, 6.07) is 9.72. The summed E-state index contributed by atoms with van der Waals surface area (Å²) in [6.07, 6.45) is 1.74. The number of carbonyl (C=O) groups excluding carboxylic acids is 2. The fourth-order valence-corrected chi connectivity index (χ4v) is 5.39. The van der Waals surface area contributed by atoms with E-state index in [1.807, 2.05) is 0 Å². The Hall–Kier alpha value is -2.74. The second-order valence-corrected chi connectivity index (χ2v) is 9.48. The highest BCUT2D eigenvalue weighted by Crippen LogP contribution is 2.34. The molecule has 2 aliphatic rings. The topological polar surface area (TPSA) is 74.8 Å². The van der Waals surface area contributed by atoms with Crippen LogP contribution in [0.3, 0.4) is 0 Å². The van der Waals surface area contributed by atoms with Gasteiger partial charge in [-0.1, -0.05) is 12.1 Å². The number of amides is 2. The first-order valence-electron chi connectivity index (χ1n) is 9.48. The van der Waals surface area contributed by atoms with Gasteiger partial charge in [-0.15, -0.1) is 0 Å². The molecule has 6 nitrogen and oxygen atoms in total. The van der Waals surface area contributed by atoms with Crippen LogP contribution in [0, 0.1) is 5.82 Å². The number of rotatable bonds is 5. The smallest absolute Gasteiger partial charge is 0.269 e. The third-order valence-electron chi connectivity index (χ3n) is 5.18. The number of fused-ring (bicyclic) bond motifs is 1. The summed E-state index contributed by atoms with van der Waals surface area (Å²) >= 11 is 0. The van der Waals surface area contributed by atoms with Gasteiger partial charge < -0.3 is 4.90 Å². The second-order valence-electron chi connectivity index (χ2n) is 7.70. The van der Waals surface area contributed by atoms with E-state index in [0.717, 1.165) is 22.7 Å². The number of carbonyl (C=O) groups is 2. The van der Waals surface area contributed by atoms with Crippen LogP contribution in [0.1, 0.15) is 53.0 Å². The molecule has 4 rings (SSSR count). The molecule has 8 heteroatoms. The summed E-state index contributed by atoms with van der Waals surface area (Å²) in [5.41, 5.74) is 1.10. The monoisotopic (exact) mass is 416 g/mol. The molecule has 0 bridgehead atoms. The van der Waals surface area contributed by atoms with Gasteiger partial charge >= 0.3 is 0 Å². The second kappa shape index (κ2) is 6.95. The predicted molar refractivity (Wildman–Crippen MR) is 104 cm³/mol. The predicted octanol–water partition coefficient (Wildman–Crippen LogP) is 3.18. The van der Waals surface area contributed by atoms with Gasteiger partial charge in [-0.2, -0.15) is 0 Å². The van der Waals surface area contributed by atoms with Crippen LogP contribution in [0.15, 0.2) is 47.4 Å². The molecule has 29 heavy (non-hydrogen) atoms. The van der Waals surface area contributed by atoms with Crippen LogP contribution in [0.5, 0.6) is 0 Å². The molecule has 0 N–H and O–H groups in total. The highest BCUT2D eigenvalue weighted by Gasteiger charge is 2.43. The summed E-state index contributed by atoms with van der Waals surface area (Å²) in [4.78, 5) is 27.2. The quantitative estimate of drug-likeness (QED) is 0.750. The molecule has 0 spiro atoms. The molecular formula is C21H21FN2O4S. The van der Waals surface area contributed by atoms with E-state index >= 15 is 0 Å². The van der Waals surface area contributed by atoms with E-state index in [0.29, 0.717) is 6.54 Å². The van der Waals surface area contributed by atoms with Crippen molar-refractivity contribution in [2.24, 2.45) is 0 Å². The van der Waals surface area contributed by atoms with Gasteiger partial charge in [0.2, 0.25) is 0 Å². The first-order chi connectivity index (χ1) is 13.7. The first-order valence-corrected chi connectivity index (χ1v) is 10.9. The normalized spacial score (nSPS) is 17.5. The number of sulfonamides is 1.